The third-order valence-electron chi connectivity index (χ3n) is 6.29. The van der Waals surface area contributed by atoms with Gasteiger partial charge in [-0.15, -0.1) is 0 Å². The van der Waals surface area contributed by atoms with Crippen molar-refractivity contribution in [3.63, 3.8) is 0 Å². The number of hydrogen-bond acceptors (Lipinski definition) is 5. The predicted molar refractivity (Wildman–Crippen MR) is 109 cm³/mol. The summed E-state index contributed by atoms with van der Waals surface area (Å²) in [5.41, 5.74) is 2.04. The SMILES string of the molecule is CN1[C@@H]2CC[C@H]1[C@H](c1nc(-c3cccnc3)no1)[C@H](c1ccc(Cl)c(Cl)c1)C2. The Kier molecular flexibility index (Phi) is 4.62. The second-order valence-corrected chi connectivity index (χ2v) is 8.52. The topological polar surface area (TPSA) is 55.1 Å². The van der Waals surface area contributed by atoms with Gasteiger partial charge in [0.2, 0.25) is 11.7 Å². The Morgan fingerprint density at radius 1 is 1.14 bits per heavy atom. The van der Waals surface area contributed by atoms with Crippen LogP contribution in [0.1, 0.15) is 42.6 Å². The van der Waals surface area contributed by atoms with Crippen LogP contribution in [0.2, 0.25) is 10.0 Å². The summed E-state index contributed by atoms with van der Waals surface area (Å²) in [5, 5.41) is 5.40. The average Bonchev–Trinajstić information content (AvgIpc) is 3.28. The molecule has 7 heteroatoms. The molecule has 2 bridgehead atoms. The minimum atomic E-state index is 0.124. The first-order valence-corrected chi connectivity index (χ1v) is 10.3. The molecular weight excluding hydrogens is 395 g/mol. The second kappa shape index (κ2) is 7.14. The summed E-state index contributed by atoms with van der Waals surface area (Å²) in [4.78, 5) is 11.4. The molecule has 0 unspecified atom stereocenters. The van der Waals surface area contributed by atoms with Gasteiger partial charge in [-0.2, -0.15) is 4.98 Å². The van der Waals surface area contributed by atoms with Crippen LogP contribution >= 0.6 is 23.2 Å². The smallest absolute Gasteiger partial charge is 0.232 e. The highest BCUT2D eigenvalue weighted by Gasteiger charge is 2.49. The largest absolute Gasteiger partial charge is 0.339 e. The van der Waals surface area contributed by atoms with E-state index in [1.165, 1.54) is 12.0 Å². The minimum absolute atomic E-state index is 0.124. The molecular formula is C21H20Cl2N4O. The Morgan fingerprint density at radius 3 is 2.82 bits per heavy atom. The van der Waals surface area contributed by atoms with Gasteiger partial charge in [0.15, 0.2) is 0 Å². The van der Waals surface area contributed by atoms with Crippen molar-refractivity contribution in [2.45, 2.75) is 43.2 Å². The highest BCUT2D eigenvalue weighted by atomic mass is 35.5. The first kappa shape index (κ1) is 18.1. The van der Waals surface area contributed by atoms with Crippen LogP contribution in [-0.2, 0) is 0 Å². The van der Waals surface area contributed by atoms with E-state index in [0.717, 1.165) is 18.4 Å². The van der Waals surface area contributed by atoms with Crippen LogP contribution in [0.15, 0.2) is 47.2 Å². The van der Waals surface area contributed by atoms with Gasteiger partial charge in [-0.05, 0) is 62.1 Å². The molecule has 0 N–H and O–H groups in total. The summed E-state index contributed by atoms with van der Waals surface area (Å²) in [7, 11) is 2.21. The number of piperidine rings is 1. The van der Waals surface area contributed by atoms with E-state index in [4.69, 9.17) is 32.7 Å². The van der Waals surface area contributed by atoms with Gasteiger partial charge in [-0.3, -0.25) is 9.88 Å². The Labute approximate surface area is 173 Å². The first-order valence-electron chi connectivity index (χ1n) is 9.52. The lowest BCUT2D eigenvalue weighted by Crippen LogP contribution is -2.44. The maximum atomic E-state index is 6.33. The van der Waals surface area contributed by atoms with E-state index in [1.54, 1.807) is 12.4 Å². The normalized spacial score (nSPS) is 27.2. The number of rotatable bonds is 3. The minimum Gasteiger partial charge on any atom is -0.339 e. The summed E-state index contributed by atoms with van der Waals surface area (Å²) in [6.45, 7) is 0. The number of halogens is 2. The molecule has 1 aromatic carbocycles. The van der Waals surface area contributed by atoms with Crippen molar-refractivity contribution in [1.82, 2.24) is 20.0 Å². The lowest BCUT2D eigenvalue weighted by atomic mass is 9.76. The number of fused-ring (bicyclic) bond motifs is 2. The van der Waals surface area contributed by atoms with Crippen molar-refractivity contribution in [3.8, 4) is 11.4 Å². The Bertz CT molecular complexity index is 993. The van der Waals surface area contributed by atoms with E-state index in [9.17, 15) is 0 Å². The summed E-state index contributed by atoms with van der Waals surface area (Å²) < 4.78 is 5.79. The fourth-order valence-electron chi connectivity index (χ4n) is 4.87. The van der Waals surface area contributed by atoms with Crippen LogP contribution in [0.3, 0.4) is 0 Å². The molecule has 0 saturated carbocycles. The molecule has 0 spiro atoms. The molecule has 28 heavy (non-hydrogen) atoms. The molecule has 2 saturated heterocycles. The molecule has 5 nitrogen and oxygen atoms in total. The van der Waals surface area contributed by atoms with E-state index in [0.29, 0.717) is 33.8 Å². The van der Waals surface area contributed by atoms with Crippen molar-refractivity contribution in [3.05, 3.63) is 64.2 Å². The summed E-state index contributed by atoms with van der Waals surface area (Å²) in [6.07, 6.45) is 6.86. The van der Waals surface area contributed by atoms with Crippen molar-refractivity contribution < 1.29 is 4.52 Å². The summed E-state index contributed by atoms with van der Waals surface area (Å²) in [6, 6.07) is 10.7. The average molecular weight is 415 g/mol. The third kappa shape index (κ3) is 3.02. The molecule has 2 aromatic heterocycles. The molecule has 5 rings (SSSR count). The van der Waals surface area contributed by atoms with Crippen LogP contribution in [0.5, 0.6) is 0 Å². The number of pyridine rings is 1. The van der Waals surface area contributed by atoms with Crippen molar-refractivity contribution >= 4 is 23.2 Å². The number of benzene rings is 1. The van der Waals surface area contributed by atoms with E-state index >= 15 is 0 Å². The van der Waals surface area contributed by atoms with E-state index in [1.807, 2.05) is 24.3 Å². The molecule has 3 aromatic rings. The molecule has 0 amide bonds. The van der Waals surface area contributed by atoms with Crippen molar-refractivity contribution in [1.29, 1.82) is 0 Å². The standard InChI is InChI=1S/C21H20Cl2N4O/c1-27-14-5-7-18(27)19(15(10-14)12-4-6-16(22)17(23)9-12)21-25-20(26-28-21)13-3-2-8-24-11-13/h2-4,6,8-9,11,14-15,18-19H,5,7,10H2,1H3/t14-,15+,18+,19-/m1/s1. The fraction of sp³-hybridized carbons (Fsp3) is 0.381. The Balaban J connectivity index is 1.55. The van der Waals surface area contributed by atoms with Gasteiger partial charge >= 0.3 is 0 Å². The maximum Gasteiger partial charge on any atom is 0.232 e. The van der Waals surface area contributed by atoms with Crippen LogP contribution in [0, 0.1) is 0 Å². The van der Waals surface area contributed by atoms with Gasteiger partial charge in [0.25, 0.3) is 0 Å². The highest BCUT2D eigenvalue weighted by molar-refractivity contribution is 6.42. The molecule has 2 aliphatic rings. The van der Waals surface area contributed by atoms with Crippen molar-refractivity contribution in [2.24, 2.45) is 0 Å². The Hall–Kier alpha value is -1.95. The Morgan fingerprint density at radius 2 is 2.04 bits per heavy atom. The highest BCUT2D eigenvalue weighted by Crippen LogP contribution is 2.51. The predicted octanol–water partition coefficient (Wildman–Crippen LogP) is 5.17. The molecule has 2 aliphatic heterocycles. The molecule has 144 valence electrons. The van der Waals surface area contributed by atoms with Crippen LogP contribution in [-0.4, -0.2) is 39.2 Å². The lowest BCUT2D eigenvalue weighted by Gasteiger charge is -2.41. The quantitative estimate of drug-likeness (QED) is 0.591. The zero-order valence-electron chi connectivity index (χ0n) is 15.4. The first-order chi connectivity index (χ1) is 13.6. The maximum absolute atomic E-state index is 6.33. The number of aromatic nitrogens is 3. The summed E-state index contributed by atoms with van der Waals surface area (Å²) >= 11 is 12.5. The summed E-state index contributed by atoms with van der Waals surface area (Å²) in [5.74, 6) is 1.66. The van der Waals surface area contributed by atoms with Gasteiger partial charge in [-0.1, -0.05) is 34.4 Å². The van der Waals surface area contributed by atoms with Gasteiger partial charge in [0.05, 0.1) is 16.0 Å². The van der Waals surface area contributed by atoms with Crippen LogP contribution < -0.4 is 0 Å². The number of likely N-dealkylation sites (N-methyl/N-ethyl adjacent to an activating group) is 1. The second-order valence-electron chi connectivity index (χ2n) is 7.70. The molecule has 0 radical (unpaired) electrons. The van der Waals surface area contributed by atoms with Gasteiger partial charge < -0.3 is 4.52 Å². The monoisotopic (exact) mass is 414 g/mol. The molecule has 2 fully saturated rings. The van der Waals surface area contributed by atoms with Crippen molar-refractivity contribution in [2.75, 3.05) is 7.05 Å². The van der Waals surface area contributed by atoms with Gasteiger partial charge in [0, 0.05) is 30.0 Å². The van der Waals surface area contributed by atoms with Gasteiger partial charge in [-0.25, -0.2) is 0 Å². The van der Waals surface area contributed by atoms with E-state index in [2.05, 4.69) is 28.2 Å². The lowest BCUT2D eigenvalue weighted by molar-refractivity contribution is 0.120. The van der Waals surface area contributed by atoms with E-state index < -0.39 is 0 Å². The molecule has 4 atom stereocenters. The molecule has 0 aliphatic carbocycles. The zero-order valence-corrected chi connectivity index (χ0v) is 16.9. The third-order valence-corrected chi connectivity index (χ3v) is 7.03. The molecule has 4 heterocycles. The van der Waals surface area contributed by atoms with E-state index in [-0.39, 0.29) is 11.8 Å². The van der Waals surface area contributed by atoms with Crippen LogP contribution in [0.4, 0.5) is 0 Å². The number of hydrogen-bond donors (Lipinski definition) is 0. The zero-order chi connectivity index (χ0) is 19.3. The van der Waals surface area contributed by atoms with Crippen LogP contribution in [0.25, 0.3) is 11.4 Å². The number of nitrogens with zero attached hydrogens (tertiary/aromatic N) is 4. The fourth-order valence-corrected chi connectivity index (χ4v) is 5.18. The van der Waals surface area contributed by atoms with Gasteiger partial charge in [0.1, 0.15) is 0 Å².